The van der Waals surface area contributed by atoms with E-state index in [2.05, 4.69) is 43.6 Å². The Morgan fingerprint density at radius 3 is 2.75 bits per heavy atom. The summed E-state index contributed by atoms with van der Waals surface area (Å²) >= 11 is 5.59. The number of aromatic nitrogens is 2. The van der Waals surface area contributed by atoms with Gasteiger partial charge in [-0.2, -0.15) is 5.10 Å². The molecule has 0 amide bonds. The summed E-state index contributed by atoms with van der Waals surface area (Å²) < 4.78 is 3.64. The Bertz CT molecular complexity index is 551. The van der Waals surface area contributed by atoms with Crippen molar-refractivity contribution >= 4 is 44.3 Å². The van der Waals surface area contributed by atoms with Gasteiger partial charge in [-0.1, -0.05) is 0 Å². The lowest BCUT2D eigenvalue weighted by Gasteiger charge is -2.04. The van der Waals surface area contributed by atoms with Crippen LogP contribution in [0.25, 0.3) is 5.69 Å². The molecule has 0 saturated heterocycles. The molecule has 0 fully saturated rings. The zero-order valence-electron chi connectivity index (χ0n) is 8.45. The highest BCUT2D eigenvalue weighted by Gasteiger charge is 2.07. The number of nitrogens with zero attached hydrogens (tertiary/aromatic N) is 2. The lowest BCUT2D eigenvalue weighted by Crippen LogP contribution is -1.98. The van der Waals surface area contributed by atoms with E-state index in [1.54, 1.807) is 23.9 Å². The monoisotopic (exact) mass is 390 g/mol. The molecule has 0 saturated carbocycles. The average molecular weight is 391 g/mol. The van der Waals surface area contributed by atoms with Crippen LogP contribution in [0.3, 0.4) is 0 Å². The molecular weight excluding hydrogens is 383 g/mol. The summed E-state index contributed by atoms with van der Waals surface area (Å²) in [6.07, 6.45) is 3.71. The minimum atomic E-state index is 0.0495. The van der Waals surface area contributed by atoms with Crippen molar-refractivity contribution in [3.05, 3.63) is 44.2 Å². The first-order chi connectivity index (χ1) is 7.58. The molecule has 5 heteroatoms. The third-order valence-corrected chi connectivity index (χ3v) is 3.36. The molecule has 2 rings (SSSR count). The molecule has 16 heavy (non-hydrogen) atoms. The molecule has 0 N–H and O–H groups in total. The first-order valence-electron chi connectivity index (χ1n) is 4.59. The summed E-state index contributed by atoms with van der Waals surface area (Å²) in [7, 11) is 0. The molecule has 0 bridgehead atoms. The van der Waals surface area contributed by atoms with Crippen LogP contribution < -0.4 is 0 Å². The molecule has 0 spiro atoms. The SMILES string of the molecule is CC(=O)c1ccc(-n2cc(I)cn2)cc1Br. The molecule has 1 aromatic carbocycles. The minimum Gasteiger partial charge on any atom is -0.294 e. The average Bonchev–Trinajstić information content (AvgIpc) is 2.64. The molecule has 0 aliphatic carbocycles. The van der Waals surface area contributed by atoms with Crippen molar-refractivity contribution in [2.45, 2.75) is 6.92 Å². The molecule has 1 heterocycles. The number of carbonyl (C=O) groups excluding carboxylic acids is 1. The van der Waals surface area contributed by atoms with Crippen LogP contribution in [0.1, 0.15) is 17.3 Å². The van der Waals surface area contributed by atoms with Gasteiger partial charge in [0.25, 0.3) is 0 Å². The Morgan fingerprint density at radius 2 is 2.25 bits per heavy atom. The van der Waals surface area contributed by atoms with Crippen LogP contribution in [0.4, 0.5) is 0 Å². The summed E-state index contributed by atoms with van der Waals surface area (Å²) in [6, 6.07) is 5.57. The number of Topliss-reactive ketones (excluding diaryl/α,β-unsaturated/α-hetero) is 1. The molecule has 82 valence electrons. The molecule has 0 aliphatic heterocycles. The molecule has 0 atom stereocenters. The van der Waals surface area contributed by atoms with Crippen molar-refractivity contribution in [3.8, 4) is 5.69 Å². The Kier molecular flexibility index (Phi) is 3.44. The zero-order chi connectivity index (χ0) is 11.7. The number of ketones is 1. The van der Waals surface area contributed by atoms with Gasteiger partial charge in [0.05, 0.1) is 15.5 Å². The number of halogens is 2. The molecule has 2 aromatic rings. The van der Waals surface area contributed by atoms with Crippen LogP contribution >= 0.6 is 38.5 Å². The normalized spacial score (nSPS) is 10.4. The highest BCUT2D eigenvalue weighted by atomic mass is 127. The maximum absolute atomic E-state index is 11.3. The fraction of sp³-hybridized carbons (Fsp3) is 0.0909. The van der Waals surface area contributed by atoms with Crippen LogP contribution in [0, 0.1) is 3.57 Å². The number of carbonyl (C=O) groups is 1. The van der Waals surface area contributed by atoms with Gasteiger partial charge in [0.2, 0.25) is 0 Å². The van der Waals surface area contributed by atoms with Gasteiger partial charge < -0.3 is 0 Å². The summed E-state index contributed by atoms with van der Waals surface area (Å²) in [5.41, 5.74) is 1.62. The molecule has 1 aromatic heterocycles. The van der Waals surface area contributed by atoms with Crippen LogP contribution in [0.2, 0.25) is 0 Å². The maximum atomic E-state index is 11.3. The lowest BCUT2D eigenvalue weighted by atomic mass is 10.1. The molecule has 0 aliphatic rings. The molecule has 0 unspecified atom stereocenters. The fourth-order valence-electron chi connectivity index (χ4n) is 1.37. The van der Waals surface area contributed by atoms with Crippen molar-refractivity contribution in [1.29, 1.82) is 0 Å². The smallest absolute Gasteiger partial charge is 0.160 e. The Morgan fingerprint density at radius 1 is 1.50 bits per heavy atom. The quantitative estimate of drug-likeness (QED) is 0.581. The summed E-state index contributed by atoms with van der Waals surface area (Å²) in [5, 5.41) is 4.21. The van der Waals surface area contributed by atoms with Gasteiger partial charge >= 0.3 is 0 Å². The van der Waals surface area contributed by atoms with Gasteiger partial charge in [-0.25, -0.2) is 4.68 Å². The second-order valence-corrected chi connectivity index (χ2v) is 5.42. The van der Waals surface area contributed by atoms with Gasteiger partial charge in [0, 0.05) is 16.2 Å². The summed E-state index contributed by atoms with van der Waals surface area (Å²) in [4.78, 5) is 11.3. The first kappa shape index (κ1) is 11.8. The lowest BCUT2D eigenvalue weighted by molar-refractivity contribution is 0.101. The summed E-state index contributed by atoms with van der Waals surface area (Å²) in [5.74, 6) is 0.0495. The summed E-state index contributed by atoms with van der Waals surface area (Å²) in [6.45, 7) is 1.55. The molecular formula is C11H8BrIN2O. The van der Waals surface area contributed by atoms with Gasteiger partial charge in [-0.15, -0.1) is 0 Å². The van der Waals surface area contributed by atoms with E-state index in [9.17, 15) is 4.79 Å². The van der Waals surface area contributed by atoms with Crippen LogP contribution in [0.15, 0.2) is 35.1 Å². The molecule has 0 radical (unpaired) electrons. The van der Waals surface area contributed by atoms with E-state index in [-0.39, 0.29) is 5.78 Å². The Balaban J connectivity index is 2.45. The van der Waals surface area contributed by atoms with E-state index in [4.69, 9.17) is 0 Å². The van der Waals surface area contributed by atoms with Crippen LogP contribution in [-0.4, -0.2) is 15.6 Å². The predicted molar refractivity (Wildman–Crippen MR) is 74.0 cm³/mol. The second kappa shape index (κ2) is 4.67. The second-order valence-electron chi connectivity index (χ2n) is 3.32. The van der Waals surface area contributed by atoms with E-state index in [0.717, 1.165) is 13.7 Å². The van der Waals surface area contributed by atoms with E-state index in [1.807, 2.05) is 18.3 Å². The highest BCUT2D eigenvalue weighted by molar-refractivity contribution is 14.1. The van der Waals surface area contributed by atoms with Crippen molar-refractivity contribution in [3.63, 3.8) is 0 Å². The minimum absolute atomic E-state index is 0.0495. The molecule has 3 nitrogen and oxygen atoms in total. The van der Waals surface area contributed by atoms with E-state index in [0.29, 0.717) is 5.56 Å². The van der Waals surface area contributed by atoms with Gasteiger partial charge in [-0.3, -0.25) is 4.79 Å². The Hall–Kier alpha value is -0.690. The number of hydrogen-bond acceptors (Lipinski definition) is 2. The van der Waals surface area contributed by atoms with Crippen molar-refractivity contribution < 1.29 is 4.79 Å². The number of rotatable bonds is 2. The van der Waals surface area contributed by atoms with Crippen LogP contribution in [0.5, 0.6) is 0 Å². The standard InChI is InChI=1S/C11H8BrIN2O/c1-7(16)10-3-2-9(4-11(10)12)15-6-8(13)5-14-15/h2-6H,1H3. The predicted octanol–water partition coefficient (Wildman–Crippen LogP) is 3.44. The third-order valence-electron chi connectivity index (χ3n) is 2.15. The van der Waals surface area contributed by atoms with E-state index >= 15 is 0 Å². The highest BCUT2D eigenvalue weighted by Crippen LogP contribution is 2.21. The zero-order valence-corrected chi connectivity index (χ0v) is 12.2. The van der Waals surface area contributed by atoms with Crippen molar-refractivity contribution in [1.82, 2.24) is 9.78 Å². The van der Waals surface area contributed by atoms with Gasteiger partial charge in [0.1, 0.15) is 0 Å². The largest absolute Gasteiger partial charge is 0.294 e. The Labute approximate surface area is 115 Å². The van der Waals surface area contributed by atoms with Crippen LogP contribution in [-0.2, 0) is 0 Å². The van der Waals surface area contributed by atoms with E-state index in [1.165, 1.54) is 0 Å². The van der Waals surface area contributed by atoms with Crippen molar-refractivity contribution in [2.75, 3.05) is 0 Å². The number of hydrogen-bond donors (Lipinski definition) is 0. The first-order valence-corrected chi connectivity index (χ1v) is 6.46. The maximum Gasteiger partial charge on any atom is 0.160 e. The van der Waals surface area contributed by atoms with E-state index < -0.39 is 0 Å². The fourth-order valence-corrected chi connectivity index (χ4v) is 2.41. The van der Waals surface area contributed by atoms with Crippen molar-refractivity contribution in [2.24, 2.45) is 0 Å². The van der Waals surface area contributed by atoms with Gasteiger partial charge in [-0.05, 0) is 63.6 Å². The number of benzene rings is 1. The third kappa shape index (κ3) is 2.35. The van der Waals surface area contributed by atoms with Gasteiger partial charge in [0.15, 0.2) is 5.78 Å². The topological polar surface area (TPSA) is 34.9 Å².